The Hall–Kier alpha value is -3.07. The van der Waals surface area contributed by atoms with Crippen molar-refractivity contribution < 1.29 is 27.5 Å². The van der Waals surface area contributed by atoms with Crippen molar-refractivity contribution in [2.24, 2.45) is 0 Å². The molecule has 0 aliphatic carbocycles. The monoisotopic (exact) mass is 421 g/mol. The molecule has 0 spiro atoms. The SMILES string of the molecule is O=C(CNc1ccc(C(=O)NCC2CCCO2)cc1)Nc1cccc(C(F)(F)F)c1. The van der Waals surface area contributed by atoms with Gasteiger partial charge in [0.15, 0.2) is 0 Å². The molecule has 9 heteroatoms. The van der Waals surface area contributed by atoms with E-state index in [4.69, 9.17) is 4.74 Å². The fraction of sp³-hybridized carbons (Fsp3) is 0.333. The molecular weight excluding hydrogens is 399 g/mol. The zero-order chi connectivity index (χ0) is 21.6. The van der Waals surface area contributed by atoms with Crippen LogP contribution in [0.1, 0.15) is 28.8 Å². The number of carbonyl (C=O) groups excluding carboxylic acids is 2. The third kappa shape index (κ3) is 6.21. The molecule has 1 aliphatic rings. The number of halogens is 3. The van der Waals surface area contributed by atoms with Gasteiger partial charge in [-0.1, -0.05) is 6.07 Å². The molecule has 1 saturated heterocycles. The van der Waals surface area contributed by atoms with Crippen molar-refractivity contribution in [3.63, 3.8) is 0 Å². The van der Waals surface area contributed by atoms with Crippen LogP contribution >= 0.6 is 0 Å². The predicted octanol–water partition coefficient (Wildman–Crippen LogP) is 3.66. The average molecular weight is 421 g/mol. The molecule has 2 aromatic carbocycles. The summed E-state index contributed by atoms with van der Waals surface area (Å²) in [5.41, 5.74) is 0.313. The first kappa shape index (κ1) is 21.6. The van der Waals surface area contributed by atoms with Crippen molar-refractivity contribution in [2.45, 2.75) is 25.1 Å². The predicted molar refractivity (Wildman–Crippen MR) is 106 cm³/mol. The standard InChI is InChI=1S/C21H22F3N3O3/c22-21(23,24)15-3-1-4-17(11-15)27-19(28)13-25-16-8-6-14(7-9-16)20(29)26-12-18-5-2-10-30-18/h1,3-4,6-9,11,18,25H,2,5,10,12-13H2,(H,26,29)(H,27,28). The third-order valence-corrected chi connectivity index (χ3v) is 4.59. The molecule has 1 fully saturated rings. The summed E-state index contributed by atoms with van der Waals surface area (Å²) >= 11 is 0. The summed E-state index contributed by atoms with van der Waals surface area (Å²) in [6.45, 7) is 1.05. The van der Waals surface area contributed by atoms with Crippen molar-refractivity contribution in [3.8, 4) is 0 Å². The minimum atomic E-state index is -4.48. The molecule has 6 nitrogen and oxygen atoms in total. The van der Waals surface area contributed by atoms with E-state index < -0.39 is 17.6 Å². The molecule has 0 radical (unpaired) electrons. The lowest BCUT2D eigenvalue weighted by molar-refractivity contribution is -0.137. The molecule has 3 N–H and O–H groups in total. The highest BCUT2D eigenvalue weighted by Crippen LogP contribution is 2.30. The van der Waals surface area contributed by atoms with Crippen LogP contribution in [0.25, 0.3) is 0 Å². The Bertz CT molecular complexity index is 879. The Morgan fingerprint density at radius 1 is 1.07 bits per heavy atom. The van der Waals surface area contributed by atoms with Crippen molar-refractivity contribution in [1.82, 2.24) is 5.32 Å². The molecule has 2 amide bonds. The van der Waals surface area contributed by atoms with Gasteiger partial charge in [0.05, 0.1) is 18.2 Å². The topological polar surface area (TPSA) is 79.5 Å². The lowest BCUT2D eigenvalue weighted by atomic mass is 10.2. The highest BCUT2D eigenvalue weighted by atomic mass is 19.4. The van der Waals surface area contributed by atoms with Gasteiger partial charge in [0.25, 0.3) is 5.91 Å². The second-order valence-corrected chi connectivity index (χ2v) is 6.90. The minimum absolute atomic E-state index is 0.0604. The van der Waals surface area contributed by atoms with Gasteiger partial charge in [0.1, 0.15) is 0 Å². The van der Waals surface area contributed by atoms with E-state index in [1.807, 2.05) is 0 Å². The fourth-order valence-electron chi connectivity index (χ4n) is 3.01. The third-order valence-electron chi connectivity index (χ3n) is 4.59. The van der Waals surface area contributed by atoms with Crippen molar-refractivity contribution in [2.75, 3.05) is 30.3 Å². The van der Waals surface area contributed by atoms with E-state index in [2.05, 4.69) is 16.0 Å². The number of hydrogen-bond donors (Lipinski definition) is 3. The van der Waals surface area contributed by atoms with Gasteiger partial charge < -0.3 is 20.7 Å². The zero-order valence-electron chi connectivity index (χ0n) is 16.1. The first-order chi connectivity index (χ1) is 14.3. The first-order valence-corrected chi connectivity index (χ1v) is 9.52. The van der Waals surface area contributed by atoms with E-state index in [1.165, 1.54) is 12.1 Å². The molecule has 3 rings (SSSR count). The van der Waals surface area contributed by atoms with Gasteiger partial charge in [-0.05, 0) is 55.3 Å². The van der Waals surface area contributed by atoms with Gasteiger partial charge in [-0.2, -0.15) is 13.2 Å². The van der Waals surface area contributed by atoms with Crippen LogP contribution in [0.15, 0.2) is 48.5 Å². The molecule has 1 unspecified atom stereocenters. The average Bonchev–Trinajstić information content (AvgIpc) is 3.24. The molecule has 0 aromatic heterocycles. The van der Waals surface area contributed by atoms with Crippen LogP contribution in [0.2, 0.25) is 0 Å². The Morgan fingerprint density at radius 3 is 2.50 bits per heavy atom. The number of benzene rings is 2. The molecule has 160 valence electrons. The molecular formula is C21H22F3N3O3. The lowest BCUT2D eigenvalue weighted by Gasteiger charge is -2.12. The number of hydrogen-bond acceptors (Lipinski definition) is 4. The summed E-state index contributed by atoms with van der Waals surface area (Å²) in [6.07, 6.45) is -2.48. The summed E-state index contributed by atoms with van der Waals surface area (Å²) in [4.78, 5) is 24.2. The van der Waals surface area contributed by atoms with E-state index >= 15 is 0 Å². The van der Waals surface area contributed by atoms with Gasteiger partial charge in [-0.15, -0.1) is 0 Å². The zero-order valence-corrected chi connectivity index (χ0v) is 16.1. The second kappa shape index (κ2) is 9.62. The van der Waals surface area contributed by atoms with Gasteiger partial charge in [-0.25, -0.2) is 0 Å². The first-order valence-electron chi connectivity index (χ1n) is 9.52. The molecule has 30 heavy (non-hydrogen) atoms. The highest BCUT2D eigenvalue weighted by molar-refractivity contribution is 5.95. The summed E-state index contributed by atoms with van der Waals surface area (Å²) in [5.74, 6) is -0.702. The quantitative estimate of drug-likeness (QED) is 0.638. The molecule has 1 heterocycles. The van der Waals surface area contributed by atoms with E-state index in [0.29, 0.717) is 17.8 Å². The molecule has 1 aliphatic heterocycles. The van der Waals surface area contributed by atoms with E-state index in [1.54, 1.807) is 24.3 Å². The van der Waals surface area contributed by atoms with E-state index in [9.17, 15) is 22.8 Å². The molecule has 1 atom stereocenters. The summed E-state index contributed by atoms with van der Waals surface area (Å²) < 4.78 is 43.7. The Kier molecular flexibility index (Phi) is 6.94. The van der Waals surface area contributed by atoms with Crippen molar-refractivity contribution >= 4 is 23.2 Å². The van der Waals surface area contributed by atoms with Crippen LogP contribution in [0.3, 0.4) is 0 Å². The summed E-state index contributed by atoms with van der Waals surface area (Å²) in [7, 11) is 0. The van der Waals surface area contributed by atoms with Crippen LogP contribution in [-0.4, -0.2) is 37.6 Å². The van der Waals surface area contributed by atoms with Gasteiger partial charge >= 0.3 is 6.18 Å². The molecule has 0 bridgehead atoms. The smallest absolute Gasteiger partial charge is 0.376 e. The van der Waals surface area contributed by atoms with Crippen LogP contribution in [0, 0.1) is 0 Å². The van der Waals surface area contributed by atoms with E-state index in [-0.39, 0.29) is 24.2 Å². The number of alkyl halides is 3. The minimum Gasteiger partial charge on any atom is -0.376 e. The Balaban J connectivity index is 1.46. The highest BCUT2D eigenvalue weighted by Gasteiger charge is 2.30. The summed E-state index contributed by atoms with van der Waals surface area (Å²) in [5, 5.41) is 8.11. The molecule has 0 saturated carbocycles. The maximum atomic E-state index is 12.7. The largest absolute Gasteiger partial charge is 0.416 e. The van der Waals surface area contributed by atoms with Crippen LogP contribution < -0.4 is 16.0 Å². The normalized spacial score (nSPS) is 16.2. The van der Waals surface area contributed by atoms with Crippen LogP contribution in [0.5, 0.6) is 0 Å². The fourth-order valence-corrected chi connectivity index (χ4v) is 3.01. The number of nitrogens with one attached hydrogen (secondary N) is 3. The van der Waals surface area contributed by atoms with E-state index in [0.717, 1.165) is 31.6 Å². The van der Waals surface area contributed by atoms with Crippen molar-refractivity contribution in [1.29, 1.82) is 0 Å². The second-order valence-electron chi connectivity index (χ2n) is 6.90. The molecule has 2 aromatic rings. The lowest BCUT2D eigenvalue weighted by Crippen LogP contribution is -2.31. The number of anilines is 2. The number of ether oxygens (including phenoxy) is 1. The number of rotatable bonds is 7. The maximum absolute atomic E-state index is 12.7. The van der Waals surface area contributed by atoms with Crippen molar-refractivity contribution in [3.05, 3.63) is 59.7 Å². The Labute approximate surface area is 171 Å². The van der Waals surface area contributed by atoms with Crippen LogP contribution in [-0.2, 0) is 15.7 Å². The van der Waals surface area contributed by atoms with Gasteiger partial charge in [-0.3, -0.25) is 9.59 Å². The van der Waals surface area contributed by atoms with Gasteiger partial charge in [0.2, 0.25) is 5.91 Å². The maximum Gasteiger partial charge on any atom is 0.416 e. The Morgan fingerprint density at radius 2 is 1.83 bits per heavy atom. The van der Waals surface area contributed by atoms with Crippen LogP contribution in [0.4, 0.5) is 24.5 Å². The number of amides is 2. The summed E-state index contributed by atoms with van der Waals surface area (Å²) in [6, 6.07) is 11.0. The van der Waals surface area contributed by atoms with Gasteiger partial charge in [0, 0.05) is 30.1 Å². The number of carbonyl (C=O) groups is 2.